The summed E-state index contributed by atoms with van der Waals surface area (Å²) in [6.07, 6.45) is 0. The van der Waals surface area contributed by atoms with Crippen LogP contribution in [0.4, 0.5) is 22.7 Å². The lowest BCUT2D eigenvalue weighted by atomic mass is 10.1. The number of ether oxygens (including phenoxy) is 2. The third kappa shape index (κ3) is 4.43. The Balaban J connectivity index is 1.83. The number of nitro benzene ring substituents is 2. The molecule has 0 bridgehead atoms. The first-order valence-electron chi connectivity index (χ1n) is 9.50. The maximum atomic E-state index is 11.7. The van der Waals surface area contributed by atoms with Gasteiger partial charge in [-0.1, -0.05) is 0 Å². The number of methoxy groups -OCH3 is 2. The first kappa shape index (κ1) is 22.5. The molecule has 0 atom stereocenters. The van der Waals surface area contributed by atoms with E-state index < -0.39 is 21.8 Å². The molecule has 0 amide bonds. The quantitative estimate of drug-likeness (QED) is 0.370. The van der Waals surface area contributed by atoms with E-state index in [2.05, 4.69) is 9.47 Å². The van der Waals surface area contributed by atoms with Gasteiger partial charge in [-0.25, -0.2) is 9.59 Å². The predicted molar refractivity (Wildman–Crippen MR) is 113 cm³/mol. The predicted octanol–water partition coefficient (Wildman–Crippen LogP) is 2.40. The zero-order chi connectivity index (χ0) is 23.4. The number of nitro groups is 2. The fourth-order valence-electron chi connectivity index (χ4n) is 3.55. The van der Waals surface area contributed by atoms with Gasteiger partial charge in [-0.05, 0) is 24.3 Å². The number of benzene rings is 2. The van der Waals surface area contributed by atoms with Crippen molar-refractivity contribution in [3.8, 4) is 0 Å². The molecule has 2 aromatic rings. The molecular formula is C20H20N4O8. The molecule has 1 aliphatic rings. The van der Waals surface area contributed by atoms with Crippen LogP contribution in [0.15, 0.2) is 36.4 Å². The highest BCUT2D eigenvalue weighted by atomic mass is 16.6. The van der Waals surface area contributed by atoms with Gasteiger partial charge in [0.15, 0.2) is 0 Å². The van der Waals surface area contributed by atoms with Gasteiger partial charge in [0.25, 0.3) is 11.4 Å². The Morgan fingerprint density at radius 3 is 1.38 bits per heavy atom. The number of carbonyl (C=O) groups is 2. The van der Waals surface area contributed by atoms with Crippen LogP contribution < -0.4 is 9.80 Å². The summed E-state index contributed by atoms with van der Waals surface area (Å²) in [6.45, 7) is 1.42. The van der Waals surface area contributed by atoms with Crippen molar-refractivity contribution < 1.29 is 28.9 Å². The van der Waals surface area contributed by atoms with Crippen molar-refractivity contribution in [2.75, 3.05) is 50.2 Å². The maximum Gasteiger partial charge on any atom is 0.338 e. The molecule has 1 fully saturated rings. The van der Waals surface area contributed by atoms with Crippen LogP contribution in [0.1, 0.15) is 20.7 Å². The van der Waals surface area contributed by atoms with Gasteiger partial charge in [0.2, 0.25) is 0 Å². The average Bonchev–Trinajstić information content (AvgIpc) is 2.82. The second-order valence-corrected chi connectivity index (χ2v) is 6.88. The van der Waals surface area contributed by atoms with E-state index in [1.54, 1.807) is 9.80 Å². The standard InChI is InChI=1S/C20H20N4O8/c1-31-19(25)13-3-5-15(17(11-13)23(27)28)21-7-9-22(10-8-21)16-6-4-14(20(26)32-2)12-18(16)24(29)30/h3-6,11-12H,7-10H2,1-2H3. The van der Waals surface area contributed by atoms with Crippen molar-refractivity contribution in [3.05, 3.63) is 67.8 Å². The lowest BCUT2D eigenvalue weighted by Crippen LogP contribution is -2.47. The van der Waals surface area contributed by atoms with E-state index in [1.165, 1.54) is 50.6 Å². The Kier molecular flexibility index (Phi) is 6.52. The SMILES string of the molecule is COC(=O)c1ccc(N2CCN(c3ccc(C(=O)OC)cc3[N+](=O)[O-])CC2)c([N+](=O)[O-])c1. The molecule has 1 aliphatic heterocycles. The van der Waals surface area contributed by atoms with E-state index in [0.29, 0.717) is 37.6 Å². The highest BCUT2D eigenvalue weighted by Crippen LogP contribution is 2.33. The second-order valence-electron chi connectivity index (χ2n) is 6.88. The molecule has 0 aliphatic carbocycles. The molecule has 0 saturated carbocycles. The van der Waals surface area contributed by atoms with E-state index >= 15 is 0 Å². The van der Waals surface area contributed by atoms with Crippen molar-refractivity contribution in [1.29, 1.82) is 0 Å². The molecule has 168 valence electrons. The summed E-state index contributed by atoms with van der Waals surface area (Å²) in [6, 6.07) is 8.24. The van der Waals surface area contributed by atoms with Crippen molar-refractivity contribution in [2.45, 2.75) is 0 Å². The summed E-state index contributed by atoms with van der Waals surface area (Å²) in [4.78, 5) is 48.9. The van der Waals surface area contributed by atoms with Crippen molar-refractivity contribution in [3.63, 3.8) is 0 Å². The summed E-state index contributed by atoms with van der Waals surface area (Å²) in [5, 5.41) is 23.1. The van der Waals surface area contributed by atoms with Crippen LogP contribution in [-0.2, 0) is 9.47 Å². The molecule has 12 nitrogen and oxygen atoms in total. The average molecular weight is 444 g/mol. The Bertz CT molecular complexity index is 994. The zero-order valence-corrected chi connectivity index (χ0v) is 17.3. The van der Waals surface area contributed by atoms with E-state index in [4.69, 9.17) is 0 Å². The minimum atomic E-state index is -0.674. The minimum Gasteiger partial charge on any atom is -0.465 e. The molecule has 32 heavy (non-hydrogen) atoms. The van der Waals surface area contributed by atoms with Crippen molar-refractivity contribution >= 4 is 34.7 Å². The lowest BCUT2D eigenvalue weighted by Gasteiger charge is -2.36. The number of carbonyl (C=O) groups excluding carboxylic acids is 2. The summed E-state index contributed by atoms with van der Waals surface area (Å²) < 4.78 is 9.23. The fourth-order valence-corrected chi connectivity index (χ4v) is 3.55. The molecule has 0 unspecified atom stereocenters. The van der Waals surface area contributed by atoms with E-state index in [9.17, 15) is 29.8 Å². The topological polar surface area (TPSA) is 145 Å². The molecule has 0 spiro atoms. The van der Waals surface area contributed by atoms with Crippen LogP contribution in [0.2, 0.25) is 0 Å². The van der Waals surface area contributed by atoms with Crippen LogP contribution in [0, 0.1) is 20.2 Å². The van der Waals surface area contributed by atoms with Gasteiger partial charge in [-0.3, -0.25) is 20.2 Å². The van der Waals surface area contributed by atoms with Crippen LogP contribution >= 0.6 is 0 Å². The fraction of sp³-hybridized carbons (Fsp3) is 0.300. The Morgan fingerprint density at radius 2 is 1.09 bits per heavy atom. The number of esters is 2. The molecule has 3 rings (SSSR count). The Labute approximate surface area is 182 Å². The normalized spacial score (nSPS) is 13.4. The first-order valence-corrected chi connectivity index (χ1v) is 9.50. The Morgan fingerprint density at radius 1 is 0.750 bits per heavy atom. The third-order valence-corrected chi connectivity index (χ3v) is 5.15. The van der Waals surface area contributed by atoms with Crippen molar-refractivity contribution in [1.82, 2.24) is 0 Å². The van der Waals surface area contributed by atoms with Gasteiger partial charge < -0.3 is 19.3 Å². The monoisotopic (exact) mass is 444 g/mol. The summed E-state index contributed by atoms with van der Waals surface area (Å²) in [5.41, 5.74) is 0.381. The summed E-state index contributed by atoms with van der Waals surface area (Å²) >= 11 is 0. The minimum absolute atomic E-state index is 0.0721. The second kappa shape index (κ2) is 9.29. The molecule has 1 heterocycles. The van der Waals surface area contributed by atoms with E-state index in [1.807, 2.05) is 0 Å². The molecular weight excluding hydrogens is 424 g/mol. The molecule has 2 aromatic carbocycles. The summed E-state index contributed by atoms with van der Waals surface area (Å²) in [5.74, 6) is -1.35. The number of anilines is 2. The van der Waals surface area contributed by atoms with Crippen LogP contribution in [0.25, 0.3) is 0 Å². The van der Waals surface area contributed by atoms with Gasteiger partial charge in [-0.15, -0.1) is 0 Å². The maximum absolute atomic E-state index is 11.7. The molecule has 12 heteroatoms. The number of nitrogens with zero attached hydrogens (tertiary/aromatic N) is 4. The van der Waals surface area contributed by atoms with Gasteiger partial charge in [0.05, 0.1) is 35.2 Å². The summed E-state index contributed by atoms with van der Waals surface area (Å²) in [7, 11) is 2.39. The van der Waals surface area contributed by atoms with Gasteiger partial charge in [0.1, 0.15) is 11.4 Å². The largest absolute Gasteiger partial charge is 0.465 e. The van der Waals surface area contributed by atoms with Crippen LogP contribution in [0.3, 0.4) is 0 Å². The number of piperazine rings is 1. The molecule has 0 N–H and O–H groups in total. The molecule has 0 radical (unpaired) electrons. The smallest absolute Gasteiger partial charge is 0.338 e. The molecule has 0 aromatic heterocycles. The van der Waals surface area contributed by atoms with Gasteiger partial charge in [0, 0.05) is 38.3 Å². The zero-order valence-electron chi connectivity index (χ0n) is 17.3. The lowest BCUT2D eigenvalue weighted by molar-refractivity contribution is -0.384. The van der Waals surface area contributed by atoms with Crippen LogP contribution in [0.5, 0.6) is 0 Å². The van der Waals surface area contributed by atoms with Gasteiger partial charge in [-0.2, -0.15) is 0 Å². The third-order valence-electron chi connectivity index (χ3n) is 5.15. The number of hydrogen-bond donors (Lipinski definition) is 0. The highest BCUT2D eigenvalue weighted by molar-refractivity contribution is 5.92. The van der Waals surface area contributed by atoms with E-state index in [0.717, 1.165) is 0 Å². The van der Waals surface area contributed by atoms with Crippen molar-refractivity contribution in [2.24, 2.45) is 0 Å². The van der Waals surface area contributed by atoms with Gasteiger partial charge >= 0.3 is 11.9 Å². The molecule has 1 saturated heterocycles. The number of hydrogen-bond acceptors (Lipinski definition) is 10. The highest BCUT2D eigenvalue weighted by Gasteiger charge is 2.28. The Hall–Kier alpha value is -4.22. The van der Waals surface area contributed by atoms with Crippen LogP contribution in [-0.4, -0.2) is 62.2 Å². The first-order chi connectivity index (χ1) is 15.3. The van der Waals surface area contributed by atoms with E-state index in [-0.39, 0.29) is 22.5 Å². The number of rotatable bonds is 6.